The number of nitrogens with zero attached hydrogens (tertiary/aromatic N) is 3. The van der Waals surface area contributed by atoms with Crippen LogP contribution in [0.5, 0.6) is 0 Å². The van der Waals surface area contributed by atoms with Gasteiger partial charge in [0, 0.05) is 31.1 Å². The largest absolute Gasteiger partial charge is 0.309 e. The Morgan fingerprint density at radius 2 is 2.00 bits per heavy atom. The van der Waals surface area contributed by atoms with Crippen LogP contribution in [0.15, 0.2) is 48.4 Å². The highest BCUT2D eigenvalue weighted by molar-refractivity contribution is 5.80. The maximum atomic E-state index is 4.52. The first-order valence-corrected chi connectivity index (χ1v) is 7.87. The molecule has 3 heteroatoms. The maximum absolute atomic E-state index is 4.52. The summed E-state index contributed by atoms with van der Waals surface area (Å²) in [6, 6.07) is 8.77. The summed E-state index contributed by atoms with van der Waals surface area (Å²) in [4.78, 5) is 11.0. The Balaban J connectivity index is 1.99. The molecule has 2 aromatic rings. The lowest BCUT2D eigenvalue weighted by atomic mass is 9.90. The van der Waals surface area contributed by atoms with Crippen LogP contribution in [0.3, 0.4) is 0 Å². The Morgan fingerprint density at radius 3 is 2.73 bits per heavy atom. The van der Waals surface area contributed by atoms with Crippen molar-refractivity contribution in [2.75, 3.05) is 20.6 Å². The molecule has 1 atom stereocenters. The van der Waals surface area contributed by atoms with Gasteiger partial charge in [0.05, 0.1) is 5.69 Å². The zero-order valence-electron chi connectivity index (χ0n) is 13.6. The topological polar surface area (TPSA) is 29.0 Å². The second-order valence-corrected chi connectivity index (χ2v) is 6.26. The molecule has 0 radical (unpaired) electrons. The van der Waals surface area contributed by atoms with Crippen LogP contribution in [0.2, 0.25) is 0 Å². The van der Waals surface area contributed by atoms with Gasteiger partial charge in [-0.1, -0.05) is 36.8 Å². The van der Waals surface area contributed by atoms with Gasteiger partial charge in [0.25, 0.3) is 0 Å². The Morgan fingerprint density at radius 1 is 1.18 bits per heavy atom. The molecule has 1 aromatic carbocycles. The van der Waals surface area contributed by atoms with Gasteiger partial charge in [-0.2, -0.15) is 0 Å². The molecule has 3 nitrogen and oxygen atoms in total. The Labute approximate surface area is 132 Å². The van der Waals surface area contributed by atoms with E-state index < -0.39 is 0 Å². The first-order valence-electron chi connectivity index (χ1n) is 7.87. The number of benzene rings is 1. The van der Waals surface area contributed by atoms with Gasteiger partial charge in [-0.25, -0.2) is 0 Å². The molecule has 0 amide bonds. The molecule has 0 spiro atoms. The average Bonchev–Trinajstić information content (AvgIpc) is 2.91. The van der Waals surface area contributed by atoms with Gasteiger partial charge in [-0.05, 0) is 43.6 Å². The second kappa shape index (κ2) is 6.41. The molecule has 22 heavy (non-hydrogen) atoms. The van der Waals surface area contributed by atoms with E-state index in [-0.39, 0.29) is 5.92 Å². The van der Waals surface area contributed by atoms with E-state index in [1.807, 2.05) is 6.20 Å². The van der Waals surface area contributed by atoms with Gasteiger partial charge in [0.2, 0.25) is 0 Å². The number of aromatic nitrogens is 2. The summed E-state index contributed by atoms with van der Waals surface area (Å²) < 4.78 is 0. The third-order valence-electron chi connectivity index (χ3n) is 4.41. The van der Waals surface area contributed by atoms with Crippen LogP contribution in [0.1, 0.15) is 36.1 Å². The van der Waals surface area contributed by atoms with Crippen molar-refractivity contribution >= 4 is 5.57 Å². The number of hydrogen-bond acceptors (Lipinski definition) is 3. The van der Waals surface area contributed by atoms with Gasteiger partial charge >= 0.3 is 0 Å². The Kier molecular flexibility index (Phi) is 4.34. The summed E-state index contributed by atoms with van der Waals surface area (Å²) in [6.45, 7) is 3.33. The first-order chi connectivity index (χ1) is 10.7. The highest BCUT2D eigenvalue weighted by Gasteiger charge is 2.26. The van der Waals surface area contributed by atoms with E-state index in [1.54, 1.807) is 18.0 Å². The number of hydrogen-bond donors (Lipinski definition) is 0. The molecule has 1 heterocycles. The van der Waals surface area contributed by atoms with Crippen molar-refractivity contribution in [2.45, 2.75) is 25.7 Å². The summed E-state index contributed by atoms with van der Waals surface area (Å²) in [6.07, 6.45) is 7.60. The van der Waals surface area contributed by atoms with Gasteiger partial charge in [0.15, 0.2) is 0 Å². The summed E-state index contributed by atoms with van der Waals surface area (Å²) in [7, 11) is 4.27. The lowest BCUT2D eigenvalue weighted by Gasteiger charge is -2.17. The Bertz CT molecular complexity index is 674. The summed E-state index contributed by atoms with van der Waals surface area (Å²) >= 11 is 0. The first kappa shape index (κ1) is 14.9. The number of rotatable bonds is 5. The summed E-state index contributed by atoms with van der Waals surface area (Å²) in [5, 5.41) is 0. The van der Waals surface area contributed by atoms with E-state index >= 15 is 0 Å². The minimum Gasteiger partial charge on any atom is -0.309 e. The number of allylic oxidation sites excluding steroid dienone is 1. The molecule has 0 saturated heterocycles. The van der Waals surface area contributed by atoms with E-state index in [0.29, 0.717) is 0 Å². The molecule has 1 aliphatic rings. The third kappa shape index (κ3) is 2.95. The standard InChI is InChI=1S/C19H23N3/c1-14(18-13-20-9-10-21-18)19-16(8-11-22(2)3)12-15-6-4-5-7-17(15)19/h4-7,9-10,13-14H,8,11-12H2,1-3H3/t14-/m0/s1/i2+1. The highest BCUT2D eigenvalue weighted by atomic mass is 15.2. The lowest BCUT2D eigenvalue weighted by molar-refractivity contribution is 0.412. The molecular formula is C19H23N3. The summed E-state index contributed by atoms with van der Waals surface area (Å²) in [5.74, 6) is 0.287. The molecule has 3 rings (SSSR count). The van der Waals surface area contributed by atoms with Gasteiger partial charge in [-0.3, -0.25) is 9.97 Å². The molecule has 0 unspecified atom stereocenters. The minimum absolute atomic E-state index is 0.287. The van der Waals surface area contributed by atoms with E-state index in [1.165, 1.54) is 16.7 Å². The smallest absolute Gasteiger partial charge is 0.0658 e. The van der Waals surface area contributed by atoms with E-state index in [2.05, 4.69) is 60.2 Å². The SMILES string of the molecule is C[C@H](C1=C(CCN(C)[13CH3])Cc2ccccc21)c1cnccn1. The minimum atomic E-state index is 0.287. The quantitative estimate of drug-likeness (QED) is 0.790. The van der Waals surface area contributed by atoms with Crippen molar-refractivity contribution in [3.8, 4) is 0 Å². The fourth-order valence-electron chi connectivity index (χ4n) is 3.26. The van der Waals surface area contributed by atoms with E-state index in [0.717, 1.165) is 25.1 Å². The van der Waals surface area contributed by atoms with Crippen LogP contribution < -0.4 is 0 Å². The normalized spacial score (nSPS) is 15.3. The van der Waals surface area contributed by atoms with Crippen LogP contribution in [-0.4, -0.2) is 35.5 Å². The molecular weight excluding hydrogens is 271 g/mol. The lowest BCUT2D eigenvalue weighted by Crippen LogP contribution is -2.14. The van der Waals surface area contributed by atoms with Crippen molar-refractivity contribution in [1.29, 1.82) is 0 Å². The van der Waals surface area contributed by atoms with Crippen LogP contribution in [-0.2, 0) is 6.42 Å². The van der Waals surface area contributed by atoms with Crippen molar-refractivity contribution in [2.24, 2.45) is 0 Å². The molecule has 0 fully saturated rings. The highest BCUT2D eigenvalue weighted by Crippen LogP contribution is 2.42. The molecule has 114 valence electrons. The fraction of sp³-hybridized carbons (Fsp3) is 0.368. The summed E-state index contributed by atoms with van der Waals surface area (Å²) in [5.41, 5.74) is 6.90. The van der Waals surface area contributed by atoms with Crippen LogP contribution in [0.4, 0.5) is 0 Å². The van der Waals surface area contributed by atoms with Crippen molar-refractivity contribution in [1.82, 2.24) is 14.9 Å². The third-order valence-corrected chi connectivity index (χ3v) is 4.41. The van der Waals surface area contributed by atoms with Crippen molar-refractivity contribution in [3.63, 3.8) is 0 Å². The molecule has 1 aliphatic carbocycles. The van der Waals surface area contributed by atoms with Gasteiger partial charge in [-0.15, -0.1) is 0 Å². The zero-order valence-corrected chi connectivity index (χ0v) is 13.6. The molecule has 0 N–H and O–H groups in total. The molecule has 0 aliphatic heterocycles. The fourth-order valence-corrected chi connectivity index (χ4v) is 3.26. The predicted molar refractivity (Wildman–Crippen MR) is 90.7 cm³/mol. The van der Waals surface area contributed by atoms with E-state index in [4.69, 9.17) is 0 Å². The van der Waals surface area contributed by atoms with Crippen molar-refractivity contribution < 1.29 is 0 Å². The molecule has 0 saturated carbocycles. The van der Waals surface area contributed by atoms with Crippen LogP contribution >= 0.6 is 0 Å². The maximum Gasteiger partial charge on any atom is 0.0658 e. The van der Waals surface area contributed by atoms with Gasteiger partial charge < -0.3 is 4.90 Å². The molecule has 1 aromatic heterocycles. The predicted octanol–water partition coefficient (Wildman–Crippen LogP) is 3.54. The second-order valence-electron chi connectivity index (χ2n) is 6.26. The number of fused-ring (bicyclic) bond motifs is 1. The van der Waals surface area contributed by atoms with E-state index in [9.17, 15) is 0 Å². The average molecular weight is 294 g/mol. The van der Waals surface area contributed by atoms with Crippen LogP contribution in [0, 0.1) is 0 Å². The van der Waals surface area contributed by atoms with Crippen molar-refractivity contribution in [3.05, 3.63) is 65.2 Å². The monoisotopic (exact) mass is 294 g/mol. The molecule has 0 bridgehead atoms. The zero-order chi connectivity index (χ0) is 15.5. The van der Waals surface area contributed by atoms with Gasteiger partial charge in [0.1, 0.15) is 0 Å². The Hall–Kier alpha value is -2.00. The van der Waals surface area contributed by atoms with Crippen LogP contribution in [0.25, 0.3) is 5.57 Å².